The monoisotopic (exact) mass is 314 g/mol. The van der Waals surface area contributed by atoms with Crippen molar-refractivity contribution in [3.05, 3.63) is 42.7 Å². The number of hydrogen-bond donors (Lipinski definition) is 1. The molecule has 0 spiro atoms. The van der Waals surface area contributed by atoms with Crippen molar-refractivity contribution in [2.24, 2.45) is 0 Å². The zero-order chi connectivity index (χ0) is 15.9. The zero-order valence-corrected chi connectivity index (χ0v) is 13.1. The van der Waals surface area contributed by atoms with E-state index in [-0.39, 0.29) is 5.91 Å². The Bertz CT molecular complexity index is 600. The van der Waals surface area contributed by atoms with E-state index in [1.165, 1.54) is 6.42 Å². The average Bonchev–Trinajstić information content (AvgIpc) is 3.09. The highest BCUT2D eigenvalue weighted by molar-refractivity contribution is 5.78. The van der Waals surface area contributed by atoms with Crippen LogP contribution in [-0.4, -0.2) is 49.7 Å². The van der Waals surface area contributed by atoms with Crippen molar-refractivity contribution < 1.29 is 4.79 Å². The minimum Gasteiger partial charge on any atom is -0.349 e. The summed E-state index contributed by atoms with van der Waals surface area (Å²) in [5.74, 6) is 0.0427. The Labute approximate surface area is 135 Å². The molecule has 0 bridgehead atoms. The number of rotatable bonds is 6. The number of carbonyl (C=O) groups is 1. The first-order valence-electron chi connectivity index (χ1n) is 8.04. The quantitative estimate of drug-likeness (QED) is 0.855. The molecule has 7 heteroatoms. The Morgan fingerprint density at radius 1 is 1.35 bits per heavy atom. The van der Waals surface area contributed by atoms with Gasteiger partial charge in [0.2, 0.25) is 5.91 Å². The van der Waals surface area contributed by atoms with E-state index in [9.17, 15) is 4.79 Å². The second-order valence-electron chi connectivity index (χ2n) is 5.84. The summed E-state index contributed by atoms with van der Waals surface area (Å²) in [5.41, 5.74) is 0.874. The second kappa shape index (κ2) is 7.82. The van der Waals surface area contributed by atoms with Crippen LogP contribution >= 0.6 is 0 Å². The molecule has 7 nitrogen and oxygen atoms in total. The molecule has 1 aliphatic rings. The number of piperidine rings is 1. The Kier molecular flexibility index (Phi) is 5.31. The molecule has 122 valence electrons. The molecule has 2 aromatic rings. The Hall–Kier alpha value is -2.28. The molecule has 1 amide bonds. The van der Waals surface area contributed by atoms with Crippen LogP contribution in [0.3, 0.4) is 0 Å². The lowest BCUT2D eigenvalue weighted by molar-refractivity contribution is -0.123. The topological polar surface area (TPSA) is 75.9 Å². The Morgan fingerprint density at radius 3 is 3.09 bits per heavy atom. The maximum absolute atomic E-state index is 12.2. The summed E-state index contributed by atoms with van der Waals surface area (Å²) in [7, 11) is 0. The molecule has 0 unspecified atom stereocenters. The van der Waals surface area contributed by atoms with Crippen LogP contribution < -0.4 is 5.32 Å². The molecule has 23 heavy (non-hydrogen) atoms. The van der Waals surface area contributed by atoms with Crippen molar-refractivity contribution in [3.63, 3.8) is 0 Å². The normalized spacial score (nSPS) is 18.7. The number of likely N-dealkylation sites (tertiary alicyclic amines) is 1. The molecule has 1 N–H and O–H groups in total. The van der Waals surface area contributed by atoms with Crippen molar-refractivity contribution in [1.82, 2.24) is 30.0 Å². The largest absolute Gasteiger partial charge is 0.349 e. The lowest BCUT2D eigenvalue weighted by atomic mass is 10.0. The van der Waals surface area contributed by atoms with Gasteiger partial charge in [-0.2, -0.15) is 5.10 Å². The van der Waals surface area contributed by atoms with Gasteiger partial charge < -0.3 is 5.32 Å². The first kappa shape index (κ1) is 15.6. The summed E-state index contributed by atoms with van der Waals surface area (Å²) in [5, 5.41) is 7.12. The van der Waals surface area contributed by atoms with Gasteiger partial charge in [-0.15, -0.1) is 0 Å². The number of amides is 1. The number of carbonyl (C=O) groups excluding carboxylic acids is 1. The van der Waals surface area contributed by atoms with Gasteiger partial charge >= 0.3 is 0 Å². The Morgan fingerprint density at radius 2 is 2.30 bits per heavy atom. The first-order chi connectivity index (χ1) is 11.3. The van der Waals surface area contributed by atoms with Crippen molar-refractivity contribution >= 4 is 5.91 Å². The maximum atomic E-state index is 12.2. The highest BCUT2D eigenvalue weighted by Gasteiger charge is 2.24. The molecular formula is C16H22N6O. The van der Waals surface area contributed by atoms with Crippen LogP contribution in [0, 0.1) is 0 Å². The highest BCUT2D eigenvalue weighted by Crippen LogP contribution is 2.17. The van der Waals surface area contributed by atoms with E-state index in [0.29, 0.717) is 19.1 Å². The Balaban J connectivity index is 1.51. The summed E-state index contributed by atoms with van der Waals surface area (Å²) in [4.78, 5) is 22.7. The standard InChI is InChI=1S/C16H22N6O/c23-16(19-9-14-5-1-3-7-18-14)11-21-8-4-2-6-15(21)10-22-13-17-12-20-22/h1,3,5,7,12-13,15H,2,4,6,8-11H2,(H,19,23)/t15-/m1/s1. The number of pyridine rings is 1. The fraction of sp³-hybridized carbons (Fsp3) is 0.500. The molecule has 3 rings (SSSR count). The van der Waals surface area contributed by atoms with E-state index < -0.39 is 0 Å². The molecule has 1 fully saturated rings. The summed E-state index contributed by atoms with van der Waals surface area (Å²) in [6.45, 7) is 2.64. The molecular weight excluding hydrogens is 292 g/mol. The summed E-state index contributed by atoms with van der Waals surface area (Å²) < 4.78 is 1.84. The zero-order valence-electron chi connectivity index (χ0n) is 13.1. The van der Waals surface area contributed by atoms with Gasteiger partial charge in [0, 0.05) is 12.2 Å². The van der Waals surface area contributed by atoms with Gasteiger partial charge in [0.25, 0.3) is 0 Å². The van der Waals surface area contributed by atoms with E-state index >= 15 is 0 Å². The highest BCUT2D eigenvalue weighted by atomic mass is 16.2. The predicted octanol–water partition coefficient (Wildman–Crippen LogP) is 0.844. The van der Waals surface area contributed by atoms with Crippen LogP contribution in [-0.2, 0) is 17.9 Å². The summed E-state index contributed by atoms with van der Waals surface area (Å²) in [6.07, 6.45) is 8.45. The number of hydrogen-bond acceptors (Lipinski definition) is 5. The maximum Gasteiger partial charge on any atom is 0.234 e. The smallest absolute Gasteiger partial charge is 0.234 e. The van der Waals surface area contributed by atoms with E-state index in [4.69, 9.17) is 0 Å². The van der Waals surface area contributed by atoms with Gasteiger partial charge in [-0.1, -0.05) is 12.5 Å². The van der Waals surface area contributed by atoms with Crippen molar-refractivity contribution in [3.8, 4) is 0 Å². The van der Waals surface area contributed by atoms with E-state index in [1.807, 2.05) is 22.9 Å². The molecule has 0 aromatic carbocycles. The lowest BCUT2D eigenvalue weighted by Gasteiger charge is -2.34. The van der Waals surface area contributed by atoms with Crippen LogP contribution in [0.25, 0.3) is 0 Å². The van der Waals surface area contributed by atoms with Crippen LogP contribution in [0.2, 0.25) is 0 Å². The third-order valence-electron chi connectivity index (χ3n) is 4.15. The fourth-order valence-corrected chi connectivity index (χ4v) is 2.95. The predicted molar refractivity (Wildman–Crippen MR) is 85.3 cm³/mol. The molecule has 1 aliphatic heterocycles. The lowest BCUT2D eigenvalue weighted by Crippen LogP contribution is -2.47. The minimum atomic E-state index is 0.0427. The first-order valence-corrected chi connectivity index (χ1v) is 8.04. The minimum absolute atomic E-state index is 0.0427. The van der Waals surface area contributed by atoms with Crippen molar-refractivity contribution in [2.45, 2.75) is 38.4 Å². The average molecular weight is 314 g/mol. The molecule has 1 saturated heterocycles. The number of aromatic nitrogens is 4. The van der Waals surface area contributed by atoms with Crippen molar-refractivity contribution in [1.29, 1.82) is 0 Å². The SMILES string of the molecule is O=C(CN1CCCC[C@@H]1Cn1cncn1)NCc1ccccn1. The summed E-state index contributed by atoms with van der Waals surface area (Å²) in [6, 6.07) is 6.04. The second-order valence-corrected chi connectivity index (χ2v) is 5.84. The van der Waals surface area contributed by atoms with Gasteiger partial charge in [0.1, 0.15) is 12.7 Å². The van der Waals surface area contributed by atoms with Crippen LogP contribution in [0.5, 0.6) is 0 Å². The van der Waals surface area contributed by atoms with E-state index in [1.54, 1.807) is 18.9 Å². The van der Waals surface area contributed by atoms with Crippen molar-refractivity contribution in [2.75, 3.05) is 13.1 Å². The van der Waals surface area contributed by atoms with E-state index in [0.717, 1.165) is 31.6 Å². The molecule has 2 aromatic heterocycles. The number of nitrogens with zero attached hydrogens (tertiary/aromatic N) is 5. The molecule has 0 aliphatic carbocycles. The van der Waals surface area contributed by atoms with Gasteiger partial charge in [-0.3, -0.25) is 19.4 Å². The van der Waals surface area contributed by atoms with Gasteiger partial charge in [0.15, 0.2) is 0 Å². The third kappa shape index (κ3) is 4.59. The van der Waals surface area contributed by atoms with Gasteiger partial charge in [-0.05, 0) is 31.5 Å². The van der Waals surface area contributed by atoms with Gasteiger partial charge in [0.05, 0.1) is 25.3 Å². The molecule has 0 radical (unpaired) electrons. The fourth-order valence-electron chi connectivity index (χ4n) is 2.95. The van der Waals surface area contributed by atoms with Crippen LogP contribution in [0.1, 0.15) is 25.0 Å². The van der Waals surface area contributed by atoms with Gasteiger partial charge in [-0.25, -0.2) is 4.98 Å². The van der Waals surface area contributed by atoms with Crippen LogP contribution in [0.4, 0.5) is 0 Å². The van der Waals surface area contributed by atoms with Crippen LogP contribution in [0.15, 0.2) is 37.1 Å². The molecule has 0 saturated carbocycles. The van der Waals surface area contributed by atoms with E-state index in [2.05, 4.69) is 25.3 Å². The third-order valence-corrected chi connectivity index (χ3v) is 4.15. The number of nitrogens with one attached hydrogen (secondary N) is 1. The summed E-state index contributed by atoms with van der Waals surface area (Å²) >= 11 is 0. The molecule has 1 atom stereocenters. The molecule has 3 heterocycles.